The number of fused-ring (bicyclic) bond motifs is 1. The first-order valence-electron chi connectivity index (χ1n) is 15.8. The summed E-state index contributed by atoms with van der Waals surface area (Å²) in [6.45, 7) is 9.05. The number of ether oxygens (including phenoxy) is 3. The second-order valence-electron chi connectivity index (χ2n) is 12.8. The van der Waals surface area contributed by atoms with Crippen LogP contribution < -0.4 is 10.1 Å². The molecule has 4 aromatic rings. The summed E-state index contributed by atoms with van der Waals surface area (Å²) in [5.41, 5.74) is 2.32. The molecule has 11 nitrogen and oxygen atoms in total. The van der Waals surface area contributed by atoms with E-state index in [0.29, 0.717) is 60.5 Å². The van der Waals surface area contributed by atoms with Gasteiger partial charge in [-0.15, -0.1) is 0 Å². The molecule has 1 aliphatic rings. The summed E-state index contributed by atoms with van der Waals surface area (Å²) in [6.07, 6.45) is 5.16. The molecule has 0 aliphatic carbocycles. The molecule has 1 saturated heterocycles. The van der Waals surface area contributed by atoms with Gasteiger partial charge in [-0.2, -0.15) is 0 Å². The number of amides is 1. The van der Waals surface area contributed by atoms with Gasteiger partial charge in [-0.05, 0) is 81.7 Å². The lowest BCUT2D eigenvalue weighted by Crippen LogP contribution is -2.47. The molecule has 1 N–H and O–H groups in total. The van der Waals surface area contributed by atoms with Crippen LogP contribution in [0.25, 0.3) is 22.0 Å². The van der Waals surface area contributed by atoms with E-state index in [2.05, 4.69) is 15.3 Å². The molecule has 47 heavy (non-hydrogen) atoms. The predicted octanol–water partition coefficient (Wildman–Crippen LogP) is 6.56. The number of rotatable bonds is 11. The summed E-state index contributed by atoms with van der Waals surface area (Å²) in [4.78, 5) is 28.2. The zero-order chi connectivity index (χ0) is 33.6. The van der Waals surface area contributed by atoms with Crippen LogP contribution in [0.2, 0.25) is 0 Å². The number of sulfone groups is 1. The van der Waals surface area contributed by atoms with Gasteiger partial charge in [0.1, 0.15) is 11.4 Å². The molecule has 3 heterocycles. The summed E-state index contributed by atoms with van der Waals surface area (Å²) in [5, 5.41) is 5.00. The van der Waals surface area contributed by atoms with E-state index in [9.17, 15) is 13.2 Å². The molecule has 0 spiro atoms. The van der Waals surface area contributed by atoms with Crippen LogP contribution in [-0.4, -0.2) is 78.6 Å². The van der Waals surface area contributed by atoms with Crippen LogP contribution in [0.4, 0.5) is 10.7 Å². The number of carbonyl (C=O) groups excluding carboxylic acids is 1. The van der Waals surface area contributed by atoms with Gasteiger partial charge in [-0.1, -0.05) is 30.3 Å². The van der Waals surface area contributed by atoms with Crippen LogP contribution in [0.3, 0.4) is 0 Å². The third-order valence-corrected chi connectivity index (χ3v) is 9.45. The highest BCUT2D eigenvalue weighted by Crippen LogP contribution is 2.38. The topological polar surface area (TPSA) is 133 Å². The number of aryl methyl sites for hydroxylation is 1. The summed E-state index contributed by atoms with van der Waals surface area (Å²) >= 11 is 0. The minimum atomic E-state index is -3.33. The molecule has 0 radical (unpaired) electrons. The maximum atomic E-state index is 12.9. The Morgan fingerprint density at radius 1 is 1.04 bits per heavy atom. The van der Waals surface area contributed by atoms with Crippen molar-refractivity contribution >= 4 is 32.7 Å². The number of methoxy groups -OCH3 is 1. The monoisotopic (exact) mass is 661 g/mol. The Bertz CT molecular complexity index is 1830. The Balaban J connectivity index is 1.38. The lowest BCUT2D eigenvalue weighted by atomic mass is 10.0. The van der Waals surface area contributed by atoms with Crippen molar-refractivity contribution in [3.05, 3.63) is 72.1 Å². The van der Waals surface area contributed by atoms with Crippen molar-refractivity contribution in [2.45, 2.75) is 64.4 Å². The Labute approximate surface area is 276 Å². The summed E-state index contributed by atoms with van der Waals surface area (Å²) in [7, 11) is -1.77. The van der Waals surface area contributed by atoms with Crippen LogP contribution in [0.1, 0.15) is 51.2 Å². The lowest BCUT2D eigenvalue weighted by Gasteiger charge is -2.34. The fraction of sp³-hybridized carbons (Fsp3) is 0.429. The highest BCUT2D eigenvalue weighted by molar-refractivity contribution is 7.90. The van der Waals surface area contributed by atoms with E-state index >= 15 is 0 Å². The third-order valence-electron chi connectivity index (χ3n) is 7.79. The Kier molecular flexibility index (Phi) is 10.6. The van der Waals surface area contributed by atoms with E-state index in [0.717, 1.165) is 29.2 Å². The third kappa shape index (κ3) is 8.95. The molecule has 0 unspecified atom stereocenters. The van der Waals surface area contributed by atoms with E-state index < -0.39 is 15.4 Å². The van der Waals surface area contributed by atoms with Crippen LogP contribution in [-0.2, 0) is 25.1 Å². The number of hydrogen-bond donors (Lipinski definition) is 1. The number of anilines is 1. The van der Waals surface area contributed by atoms with Gasteiger partial charge in [0.15, 0.2) is 9.84 Å². The smallest absolute Gasteiger partial charge is 0.410 e. The molecule has 2 aromatic carbocycles. The number of likely N-dealkylation sites (tertiary alicyclic amines) is 1. The van der Waals surface area contributed by atoms with Crippen molar-refractivity contribution in [1.82, 2.24) is 19.9 Å². The molecule has 1 aliphatic heterocycles. The maximum Gasteiger partial charge on any atom is 0.410 e. The normalized spacial score (nSPS) is 15.4. The second-order valence-corrected chi connectivity index (χ2v) is 15.0. The van der Waals surface area contributed by atoms with Gasteiger partial charge < -0.3 is 24.4 Å². The molecule has 1 fully saturated rings. The number of aromatic nitrogens is 3. The van der Waals surface area contributed by atoms with Gasteiger partial charge in [0.2, 0.25) is 11.8 Å². The molecule has 1 atom stereocenters. The lowest BCUT2D eigenvalue weighted by molar-refractivity contribution is 0.0206. The van der Waals surface area contributed by atoms with Crippen molar-refractivity contribution in [2.75, 3.05) is 37.9 Å². The molecule has 0 bridgehead atoms. The van der Waals surface area contributed by atoms with E-state index in [4.69, 9.17) is 19.2 Å². The zero-order valence-electron chi connectivity index (χ0n) is 27.7. The Morgan fingerprint density at radius 2 is 1.87 bits per heavy atom. The van der Waals surface area contributed by atoms with Crippen molar-refractivity contribution in [2.24, 2.45) is 0 Å². The minimum Gasteiger partial charge on any atom is -0.444 e. The number of hydrogen-bond acceptors (Lipinski definition) is 10. The van der Waals surface area contributed by atoms with Crippen LogP contribution in [0, 0.1) is 6.92 Å². The Morgan fingerprint density at radius 3 is 2.66 bits per heavy atom. The van der Waals surface area contributed by atoms with Gasteiger partial charge in [-0.3, -0.25) is 0 Å². The predicted molar refractivity (Wildman–Crippen MR) is 182 cm³/mol. The number of pyridine rings is 1. The number of benzene rings is 2. The highest BCUT2D eigenvalue weighted by atomic mass is 32.2. The van der Waals surface area contributed by atoms with Crippen molar-refractivity contribution in [3.8, 4) is 22.9 Å². The molecule has 12 heteroatoms. The first-order valence-corrected chi connectivity index (χ1v) is 17.7. The first kappa shape index (κ1) is 34.1. The average Bonchev–Trinajstić information content (AvgIpc) is 3.02. The zero-order valence-corrected chi connectivity index (χ0v) is 28.5. The average molecular weight is 662 g/mol. The molecular weight excluding hydrogens is 618 g/mol. The fourth-order valence-corrected chi connectivity index (χ4v) is 7.04. The molecular formula is C35H43N5O6S. The maximum absolute atomic E-state index is 12.9. The van der Waals surface area contributed by atoms with Crippen molar-refractivity contribution in [3.63, 3.8) is 0 Å². The largest absolute Gasteiger partial charge is 0.444 e. The number of carbonyl (C=O) groups is 1. The second kappa shape index (κ2) is 14.6. The van der Waals surface area contributed by atoms with E-state index in [1.165, 1.54) is 0 Å². The number of nitrogens with one attached hydrogen (secondary N) is 1. The van der Waals surface area contributed by atoms with Crippen LogP contribution in [0.15, 0.2) is 60.9 Å². The summed E-state index contributed by atoms with van der Waals surface area (Å²) < 4.78 is 42.9. The van der Waals surface area contributed by atoms with Gasteiger partial charge >= 0.3 is 6.09 Å². The molecule has 2 aromatic heterocycles. The van der Waals surface area contributed by atoms with Gasteiger partial charge in [0.05, 0.1) is 22.8 Å². The summed E-state index contributed by atoms with van der Waals surface area (Å²) in [6, 6.07) is 15.0. The van der Waals surface area contributed by atoms with E-state index in [1.807, 2.05) is 70.2 Å². The van der Waals surface area contributed by atoms with Crippen LogP contribution >= 0.6 is 0 Å². The van der Waals surface area contributed by atoms with Crippen LogP contribution in [0.5, 0.6) is 11.6 Å². The van der Waals surface area contributed by atoms with Gasteiger partial charge in [0, 0.05) is 50.6 Å². The van der Waals surface area contributed by atoms with Crippen molar-refractivity contribution < 1.29 is 27.4 Å². The summed E-state index contributed by atoms with van der Waals surface area (Å²) in [5.74, 6) is 1.38. The van der Waals surface area contributed by atoms with E-state index in [-0.39, 0.29) is 23.6 Å². The number of piperidine rings is 1. The molecule has 1 amide bonds. The molecule has 0 saturated carbocycles. The van der Waals surface area contributed by atoms with Gasteiger partial charge in [-0.25, -0.2) is 28.2 Å². The number of nitrogens with zero attached hydrogens (tertiary/aromatic N) is 4. The fourth-order valence-electron chi connectivity index (χ4n) is 5.61. The Hall–Kier alpha value is -4.29. The minimum absolute atomic E-state index is 0.0348. The standard InChI is InChI=1S/C35H43N5O6S/c1-24-14-15-27-25(23-47(42,43)21-9-20-44-5)10-6-12-28(27)31(24)45-32-29(13-7-17-36-32)30-16-18-37-33(39-30)38-26-11-8-19-40(22-26)34(41)46-35(2,3)4/h6-7,10,12-18,26H,8-9,11,19-23H2,1-5H3,(H,37,38,39)/t26-/m0/s1. The van der Waals surface area contributed by atoms with E-state index in [1.54, 1.807) is 30.5 Å². The SMILES string of the molecule is COCCCS(=O)(=O)Cc1cccc2c(Oc3ncccc3-c3ccnc(N[C@H]4CCCN(C(=O)OC(C)(C)C)C4)n3)c(C)ccc12. The quantitative estimate of drug-likeness (QED) is 0.176. The molecule has 250 valence electrons. The molecule has 5 rings (SSSR count). The highest BCUT2D eigenvalue weighted by Gasteiger charge is 2.28. The van der Waals surface area contributed by atoms with Crippen molar-refractivity contribution in [1.29, 1.82) is 0 Å². The first-order chi connectivity index (χ1) is 22.4. The van der Waals surface area contributed by atoms with Gasteiger partial charge in [0.25, 0.3) is 0 Å².